The van der Waals surface area contributed by atoms with E-state index in [2.05, 4.69) is 5.32 Å². The molecule has 0 aliphatic heterocycles. The Labute approximate surface area is 172 Å². The first-order valence-corrected chi connectivity index (χ1v) is 11.3. The quantitative estimate of drug-likeness (QED) is 0.534. The first-order chi connectivity index (χ1) is 13.9. The fourth-order valence-electron chi connectivity index (χ4n) is 2.60. The van der Waals surface area contributed by atoms with Gasteiger partial charge in [0.05, 0.1) is 18.5 Å². The molecule has 29 heavy (non-hydrogen) atoms. The van der Waals surface area contributed by atoms with E-state index in [0.717, 1.165) is 12.0 Å². The summed E-state index contributed by atoms with van der Waals surface area (Å²) in [5, 5.41) is 2.76. The second-order valence-electron chi connectivity index (χ2n) is 6.44. The van der Waals surface area contributed by atoms with Crippen LogP contribution in [0.15, 0.2) is 54.6 Å². The summed E-state index contributed by atoms with van der Waals surface area (Å²) in [6.45, 7) is 3.87. The zero-order chi connectivity index (χ0) is 21.1. The Morgan fingerprint density at radius 2 is 1.76 bits per heavy atom. The van der Waals surface area contributed by atoms with Crippen LogP contribution in [0.1, 0.15) is 18.9 Å². The minimum atomic E-state index is -3.45. The molecule has 0 fully saturated rings. The molecule has 158 valence electrons. The third kappa shape index (κ3) is 8.13. The molecule has 0 unspecified atom stereocenters. The zero-order valence-electron chi connectivity index (χ0n) is 16.8. The lowest BCUT2D eigenvalue weighted by Gasteiger charge is -2.22. The van der Waals surface area contributed by atoms with E-state index in [1.54, 1.807) is 24.3 Å². The van der Waals surface area contributed by atoms with Crippen LogP contribution in [-0.2, 0) is 26.1 Å². The maximum Gasteiger partial charge on any atom is 0.257 e. The number of hydrogen-bond acceptors (Lipinski definition) is 5. The van der Waals surface area contributed by atoms with Gasteiger partial charge in [0.1, 0.15) is 5.75 Å². The molecule has 0 spiro atoms. The van der Waals surface area contributed by atoms with Crippen molar-refractivity contribution in [1.29, 1.82) is 0 Å². The van der Waals surface area contributed by atoms with E-state index in [4.69, 9.17) is 9.47 Å². The van der Waals surface area contributed by atoms with Gasteiger partial charge in [0, 0.05) is 19.8 Å². The molecule has 8 heteroatoms. The third-order valence-electron chi connectivity index (χ3n) is 4.06. The van der Waals surface area contributed by atoms with Crippen molar-refractivity contribution in [1.82, 2.24) is 5.32 Å². The Balaban J connectivity index is 1.91. The molecule has 2 aromatic rings. The summed E-state index contributed by atoms with van der Waals surface area (Å²) in [6.07, 6.45) is 1.92. The second kappa shape index (κ2) is 11.4. The fraction of sp³-hybridized carbons (Fsp3) is 0.381. The maximum absolute atomic E-state index is 12.2. The molecule has 2 aromatic carbocycles. The summed E-state index contributed by atoms with van der Waals surface area (Å²) >= 11 is 0. The monoisotopic (exact) mass is 420 g/mol. The highest BCUT2D eigenvalue weighted by Crippen LogP contribution is 2.23. The van der Waals surface area contributed by atoms with Crippen molar-refractivity contribution in [2.45, 2.75) is 19.9 Å². The highest BCUT2D eigenvalue weighted by molar-refractivity contribution is 7.92. The van der Waals surface area contributed by atoms with E-state index in [9.17, 15) is 13.2 Å². The van der Waals surface area contributed by atoms with E-state index in [1.807, 2.05) is 37.3 Å². The number of sulfonamides is 1. The summed E-state index contributed by atoms with van der Waals surface area (Å²) in [4.78, 5) is 11.8. The van der Waals surface area contributed by atoms with Crippen molar-refractivity contribution >= 4 is 21.6 Å². The van der Waals surface area contributed by atoms with Gasteiger partial charge < -0.3 is 14.8 Å². The number of carbonyl (C=O) groups is 1. The lowest BCUT2D eigenvalue weighted by atomic mass is 10.2. The molecule has 0 radical (unpaired) electrons. The van der Waals surface area contributed by atoms with Crippen molar-refractivity contribution in [3.8, 4) is 5.75 Å². The molecule has 0 aliphatic carbocycles. The van der Waals surface area contributed by atoms with Crippen molar-refractivity contribution in [3.63, 3.8) is 0 Å². The Morgan fingerprint density at radius 1 is 1.07 bits per heavy atom. The van der Waals surface area contributed by atoms with Crippen molar-refractivity contribution in [3.05, 3.63) is 60.2 Å². The average molecular weight is 421 g/mol. The molecular weight excluding hydrogens is 392 g/mol. The Morgan fingerprint density at radius 3 is 2.38 bits per heavy atom. The van der Waals surface area contributed by atoms with Crippen LogP contribution in [0.25, 0.3) is 0 Å². The molecule has 0 aliphatic rings. The third-order valence-corrected chi connectivity index (χ3v) is 5.20. The fourth-order valence-corrected chi connectivity index (χ4v) is 3.49. The van der Waals surface area contributed by atoms with Gasteiger partial charge in [-0.3, -0.25) is 9.10 Å². The van der Waals surface area contributed by atoms with Crippen LogP contribution in [0, 0.1) is 0 Å². The molecule has 1 N–H and O–H groups in total. The highest BCUT2D eigenvalue weighted by Gasteiger charge is 2.18. The van der Waals surface area contributed by atoms with Crippen LogP contribution in [-0.4, -0.2) is 46.9 Å². The van der Waals surface area contributed by atoms with Crippen LogP contribution in [0.3, 0.4) is 0 Å². The summed E-state index contributed by atoms with van der Waals surface area (Å²) in [7, 11) is -3.45. The van der Waals surface area contributed by atoms with Gasteiger partial charge in [-0.2, -0.15) is 0 Å². The smallest absolute Gasteiger partial charge is 0.257 e. The largest absolute Gasteiger partial charge is 0.484 e. The van der Waals surface area contributed by atoms with Gasteiger partial charge in [0.15, 0.2) is 6.61 Å². The number of ether oxygens (including phenoxy) is 2. The minimum Gasteiger partial charge on any atom is -0.484 e. The number of rotatable bonds is 12. The van der Waals surface area contributed by atoms with E-state index in [-0.39, 0.29) is 19.1 Å². The minimum absolute atomic E-state index is 0.103. The number of nitrogens with zero attached hydrogens (tertiary/aromatic N) is 1. The molecular formula is C21H28N2O5S. The highest BCUT2D eigenvalue weighted by atomic mass is 32.2. The summed E-state index contributed by atoms with van der Waals surface area (Å²) < 4.78 is 36.5. The average Bonchev–Trinajstić information content (AvgIpc) is 2.71. The number of amides is 1. The summed E-state index contributed by atoms with van der Waals surface area (Å²) in [5.41, 5.74) is 1.42. The Hall–Kier alpha value is -2.58. The van der Waals surface area contributed by atoms with Gasteiger partial charge in [-0.25, -0.2) is 8.42 Å². The topological polar surface area (TPSA) is 84.9 Å². The molecule has 0 heterocycles. The van der Waals surface area contributed by atoms with Crippen LogP contribution in [0.4, 0.5) is 5.69 Å². The standard InChI is InChI=1S/C21H28N2O5S/c1-3-27-15-7-14-22-21(24)17-28-20-12-10-19(11-13-20)23(29(2,25)26)16-18-8-5-4-6-9-18/h4-6,8-13H,3,7,14-17H2,1-2H3,(H,22,24). The molecule has 1 amide bonds. The molecule has 0 saturated heterocycles. The Kier molecular flexibility index (Phi) is 8.95. The lowest BCUT2D eigenvalue weighted by Crippen LogP contribution is -2.30. The predicted molar refractivity (Wildman–Crippen MR) is 114 cm³/mol. The normalized spacial score (nSPS) is 11.1. The number of carbonyl (C=O) groups excluding carboxylic acids is 1. The molecule has 7 nitrogen and oxygen atoms in total. The van der Waals surface area contributed by atoms with Gasteiger partial charge in [-0.15, -0.1) is 0 Å². The Bertz CT molecular complexity index is 854. The molecule has 0 aromatic heterocycles. The number of hydrogen-bond donors (Lipinski definition) is 1. The zero-order valence-corrected chi connectivity index (χ0v) is 17.7. The van der Waals surface area contributed by atoms with Gasteiger partial charge in [-0.1, -0.05) is 30.3 Å². The van der Waals surface area contributed by atoms with Gasteiger partial charge >= 0.3 is 0 Å². The van der Waals surface area contributed by atoms with Crippen LogP contribution < -0.4 is 14.4 Å². The van der Waals surface area contributed by atoms with Gasteiger partial charge in [0.25, 0.3) is 5.91 Å². The number of anilines is 1. The van der Waals surface area contributed by atoms with Gasteiger partial charge in [-0.05, 0) is 43.2 Å². The van der Waals surface area contributed by atoms with Crippen LogP contribution in [0.2, 0.25) is 0 Å². The molecule has 0 saturated carbocycles. The maximum atomic E-state index is 12.2. The first-order valence-electron chi connectivity index (χ1n) is 9.49. The predicted octanol–water partition coefficient (Wildman–Crippen LogP) is 2.57. The summed E-state index contributed by atoms with van der Waals surface area (Å²) in [6, 6.07) is 16.0. The van der Waals surface area contributed by atoms with E-state index >= 15 is 0 Å². The SMILES string of the molecule is CCOCCCNC(=O)COc1ccc(N(Cc2ccccc2)S(C)(=O)=O)cc1. The molecule has 0 atom stereocenters. The van der Waals surface area contributed by atoms with Crippen molar-refractivity contribution < 1.29 is 22.7 Å². The lowest BCUT2D eigenvalue weighted by molar-refractivity contribution is -0.123. The molecule has 2 rings (SSSR count). The van der Waals surface area contributed by atoms with Gasteiger partial charge in [0.2, 0.25) is 10.0 Å². The first kappa shape index (κ1) is 22.7. The second-order valence-corrected chi connectivity index (χ2v) is 8.35. The van der Waals surface area contributed by atoms with E-state index in [1.165, 1.54) is 10.6 Å². The van der Waals surface area contributed by atoms with Crippen LogP contribution >= 0.6 is 0 Å². The molecule has 0 bridgehead atoms. The number of benzene rings is 2. The van der Waals surface area contributed by atoms with Crippen LogP contribution in [0.5, 0.6) is 5.75 Å². The van der Waals surface area contributed by atoms with E-state index in [0.29, 0.717) is 31.2 Å². The van der Waals surface area contributed by atoms with Crippen molar-refractivity contribution in [2.24, 2.45) is 0 Å². The van der Waals surface area contributed by atoms with Crippen molar-refractivity contribution in [2.75, 3.05) is 36.9 Å². The summed E-state index contributed by atoms with van der Waals surface area (Å²) in [5.74, 6) is 0.277. The number of nitrogens with one attached hydrogen (secondary N) is 1. The van der Waals surface area contributed by atoms with E-state index < -0.39 is 10.0 Å².